The van der Waals surface area contributed by atoms with E-state index in [1.165, 1.54) is 0 Å². The average molecular weight is 404 g/mol. The van der Waals surface area contributed by atoms with Crippen molar-refractivity contribution in [3.63, 3.8) is 0 Å². The zero-order chi connectivity index (χ0) is 16.9. The minimum Gasteiger partial charge on any atom is -0.495 e. The number of rotatable bonds is 5. The van der Waals surface area contributed by atoms with Crippen molar-refractivity contribution in [1.29, 1.82) is 0 Å². The Morgan fingerprint density at radius 3 is 2.54 bits per heavy atom. The van der Waals surface area contributed by atoms with E-state index in [9.17, 15) is 4.79 Å². The molecule has 2 fully saturated rings. The van der Waals surface area contributed by atoms with Crippen LogP contribution in [0.25, 0.3) is 0 Å². The number of amides is 1. The summed E-state index contributed by atoms with van der Waals surface area (Å²) in [5.41, 5.74) is 6.95. The van der Waals surface area contributed by atoms with E-state index < -0.39 is 0 Å². The number of hydrogen-bond donors (Lipinski definition) is 2. The molecule has 0 radical (unpaired) electrons. The van der Waals surface area contributed by atoms with Crippen molar-refractivity contribution in [3.05, 3.63) is 24.3 Å². The first-order valence-electron chi connectivity index (χ1n) is 9.11. The van der Waals surface area contributed by atoms with E-state index in [0.717, 1.165) is 56.6 Å². The predicted molar refractivity (Wildman–Crippen MR) is 111 cm³/mol. The molecule has 148 valence electrons. The molecule has 0 unspecified atom stereocenters. The van der Waals surface area contributed by atoms with Crippen molar-refractivity contribution in [2.75, 3.05) is 31.6 Å². The van der Waals surface area contributed by atoms with Crippen LogP contribution in [0.5, 0.6) is 5.75 Å². The molecule has 5 nitrogen and oxygen atoms in total. The van der Waals surface area contributed by atoms with Gasteiger partial charge in [-0.05, 0) is 50.3 Å². The molecule has 1 aliphatic carbocycles. The van der Waals surface area contributed by atoms with Crippen LogP contribution in [-0.4, -0.2) is 38.7 Å². The van der Waals surface area contributed by atoms with Gasteiger partial charge in [-0.15, -0.1) is 24.8 Å². The topological polar surface area (TPSA) is 67.6 Å². The molecule has 0 spiro atoms. The summed E-state index contributed by atoms with van der Waals surface area (Å²) >= 11 is 0. The molecular formula is C19H31Cl2N3O2. The Kier molecular flexibility index (Phi) is 9.55. The summed E-state index contributed by atoms with van der Waals surface area (Å²) in [7, 11) is 1.71. The number of benzene rings is 1. The third kappa shape index (κ3) is 5.18. The summed E-state index contributed by atoms with van der Waals surface area (Å²) in [6.45, 7) is 2.51. The fraction of sp³-hybridized carbons (Fsp3) is 0.632. The zero-order valence-corrected chi connectivity index (χ0v) is 17.0. The van der Waals surface area contributed by atoms with Crippen molar-refractivity contribution >= 4 is 36.4 Å². The van der Waals surface area contributed by atoms with Gasteiger partial charge in [0.05, 0.1) is 12.8 Å². The molecule has 1 amide bonds. The molecule has 1 aromatic carbocycles. The molecule has 0 aromatic heterocycles. The monoisotopic (exact) mass is 403 g/mol. The number of ether oxygens (including phenoxy) is 1. The van der Waals surface area contributed by atoms with Gasteiger partial charge >= 0.3 is 0 Å². The standard InChI is InChI=1S/C19H29N3O2.2ClH/c1-24-18-8-3-2-7-17(18)22-11-9-15(10-12-22)21-19(23)16-6-4-5-14(16)13-20;;/h2-3,7-8,14-16H,4-6,9-13,20H2,1H3,(H,21,23);2*1H/t14-,16-;;/m1../s1. The Labute approximate surface area is 168 Å². The number of nitrogens with two attached hydrogens (primary N) is 1. The Hall–Kier alpha value is -1.17. The van der Waals surface area contributed by atoms with Gasteiger partial charge < -0.3 is 20.7 Å². The lowest BCUT2D eigenvalue weighted by molar-refractivity contribution is -0.126. The number of anilines is 1. The third-order valence-corrected chi connectivity index (χ3v) is 5.57. The number of halogens is 2. The van der Waals surface area contributed by atoms with Crippen molar-refractivity contribution in [1.82, 2.24) is 5.32 Å². The number of nitrogens with one attached hydrogen (secondary N) is 1. The van der Waals surface area contributed by atoms with E-state index in [4.69, 9.17) is 10.5 Å². The van der Waals surface area contributed by atoms with Crippen LogP contribution >= 0.6 is 24.8 Å². The fourth-order valence-corrected chi connectivity index (χ4v) is 4.13. The van der Waals surface area contributed by atoms with Gasteiger partial charge in [0, 0.05) is 25.0 Å². The van der Waals surface area contributed by atoms with Crippen LogP contribution in [0.3, 0.4) is 0 Å². The lowest BCUT2D eigenvalue weighted by atomic mass is 9.94. The number of para-hydroxylation sites is 2. The van der Waals surface area contributed by atoms with Crippen LogP contribution in [0.2, 0.25) is 0 Å². The first kappa shape index (κ1) is 22.9. The minimum atomic E-state index is 0. The Morgan fingerprint density at radius 1 is 1.19 bits per heavy atom. The number of piperidine rings is 1. The van der Waals surface area contributed by atoms with E-state index in [1.54, 1.807) is 7.11 Å². The summed E-state index contributed by atoms with van der Waals surface area (Å²) in [4.78, 5) is 14.9. The predicted octanol–water partition coefficient (Wildman–Crippen LogP) is 3.00. The second kappa shape index (κ2) is 10.9. The maximum absolute atomic E-state index is 12.5. The first-order chi connectivity index (χ1) is 11.7. The van der Waals surface area contributed by atoms with E-state index in [2.05, 4.69) is 16.3 Å². The molecule has 2 atom stereocenters. The first-order valence-corrected chi connectivity index (χ1v) is 9.11. The molecular weight excluding hydrogens is 373 g/mol. The molecule has 26 heavy (non-hydrogen) atoms. The van der Waals surface area contributed by atoms with Crippen LogP contribution in [0, 0.1) is 11.8 Å². The summed E-state index contributed by atoms with van der Waals surface area (Å²) < 4.78 is 5.46. The van der Waals surface area contributed by atoms with Crippen LogP contribution in [0.15, 0.2) is 24.3 Å². The van der Waals surface area contributed by atoms with Gasteiger partial charge in [0.15, 0.2) is 0 Å². The molecule has 3 N–H and O–H groups in total. The molecule has 1 aromatic rings. The molecule has 1 saturated carbocycles. The number of carbonyl (C=O) groups excluding carboxylic acids is 1. The highest BCUT2D eigenvalue weighted by atomic mass is 35.5. The van der Waals surface area contributed by atoms with Crippen molar-refractivity contribution in [2.45, 2.75) is 38.1 Å². The summed E-state index contributed by atoms with van der Waals surface area (Å²) in [6.07, 6.45) is 5.17. The van der Waals surface area contributed by atoms with Gasteiger partial charge in [0.25, 0.3) is 0 Å². The van der Waals surface area contributed by atoms with Crippen LogP contribution in [0.1, 0.15) is 32.1 Å². The number of hydrogen-bond acceptors (Lipinski definition) is 4. The second-order valence-electron chi connectivity index (χ2n) is 6.97. The molecule has 3 rings (SSSR count). The largest absolute Gasteiger partial charge is 0.495 e. The van der Waals surface area contributed by atoms with Gasteiger partial charge in [-0.25, -0.2) is 0 Å². The van der Waals surface area contributed by atoms with Gasteiger partial charge in [-0.3, -0.25) is 4.79 Å². The van der Waals surface area contributed by atoms with Gasteiger partial charge in [-0.2, -0.15) is 0 Å². The SMILES string of the molecule is COc1ccccc1N1CCC(NC(=O)[C@@H]2CCC[C@@H]2CN)CC1.Cl.Cl. The summed E-state index contributed by atoms with van der Waals surface area (Å²) in [5, 5.41) is 3.27. The maximum atomic E-state index is 12.5. The highest BCUT2D eigenvalue weighted by Crippen LogP contribution is 2.32. The molecule has 7 heteroatoms. The fourth-order valence-electron chi connectivity index (χ4n) is 4.13. The number of carbonyl (C=O) groups is 1. The van der Waals surface area contributed by atoms with Crippen LogP contribution in [0.4, 0.5) is 5.69 Å². The van der Waals surface area contributed by atoms with Crippen LogP contribution in [-0.2, 0) is 4.79 Å². The van der Waals surface area contributed by atoms with Gasteiger partial charge in [0.2, 0.25) is 5.91 Å². The molecule has 2 aliphatic rings. The second-order valence-corrected chi connectivity index (χ2v) is 6.97. The number of nitrogens with zero attached hydrogens (tertiary/aromatic N) is 1. The third-order valence-electron chi connectivity index (χ3n) is 5.57. The molecule has 1 saturated heterocycles. The Bertz CT molecular complexity index is 565. The quantitative estimate of drug-likeness (QED) is 0.792. The molecule has 1 aliphatic heterocycles. The lowest BCUT2D eigenvalue weighted by Gasteiger charge is -2.35. The highest BCUT2D eigenvalue weighted by Gasteiger charge is 2.33. The summed E-state index contributed by atoms with van der Waals surface area (Å²) in [5.74, 6) is 1.64. The Balaban J connectivity index is 0.00000169. The maximum Gasteiger partial charge on any atom is 0.223 e. The normalized spacial score (nSPS) is 22.9. The lowest BCUT2D eigenvalue weighted by Crippen LogP contribution is -2.47. The van der Waals surface area contributed by atoms with Crippen LogP contribution < -0.4 is 20.7 Å². The van der Waals surface area contributed by atoms with E-state index in [1.807, 2.05) is 18.2 Å². The van der Waals surface area contributed by atoms with E-state index >= 15 is 0 Å². The van der Waals surface area contributed by atoms with Gasteiger partial charge in [-0.1, -0.05) is 18.6 Å². The van der Waals surface area contributed by atoms with Crippen molar-refractivity contribution < 1.29 is 9.53 Å². The number of methoxy groups -OCH3 is 1. The Morgan fingerprint density at radius 2 is 1.88 bits per heavy atom. The average Bonchev–Trinajstić information content (AvgIpc) is 3.11. The molecule has 1 heterocycles. The van der Waals surface area contributed by atoms with Gasteiger partial charge in [0.1, 0.15) is 5.75 Å². The van der Waals surface area contributed by atoms with Crippen molar-refractivity contribution in [2.24, 2.45) is 17.6 Å². The smallest absolute Gasteiger partial charge is 0.223 e. The van der Waals surface area contributed by atoms with E-state index in [-0.39, 0.29) is 42.7 Å². The van der Waals surface area contributed by atoms with Crippen molar-refractivity contribution in [3.8, 4) is 5.75 Å². The van der Waals surface area contributed by atoms with E-state index in [0.29, 0.717) is 12.5 Å². The summed E-state index contributed by atoms with van der Waals surface area (Å²) in [6, 6.07) is 8.41. The highest BCUT2D eigenvalue weighted by molar-refractivity contribution is 5.85. The minimum absolute atomic E-state index is 0. The molecule has 0 bridgehead atoms. The zero-order valence-electron chi connectivity index (χ0n) is 15.4.